The molecule has 2 atom stereocenters. The van der Waals surface area contributed by atoms with E-state index < -0.39 is 9.84 Å². The summed E-state index contributed by atoms with van der Waals surface area (Å²) in [5.41, 5.74) is 0. The third-order valence-electron chi connectivity index (χ3n) is 5.54. The number of nitrogens with one attached hydrogen (secondary N) is 1. The fourth-order valence-electron chi connectivity index (χ4n) is 4.23. The first-order valence-electron chi connectivity index (χ1n) is 9.90. The highest BCUT2D eigenvalue weighted by Crippen LogP contribution is 2.21. The zero-order chi connectivity index (χ0) is 17.9. The van der Waals surface area contributed by atoms with Gasteiger partial charge in [0.2, 0.25) is 0 Å². The molecule has 0 aromatic rings. The average molecular weight is 371 g/mol. The summed E-state index contributed by atoms with van der Waals surface area (Å²) < 4.78 is 23.3. The quantitative estimate of drug-likeness (QED) is 0.582. The van der Waals surface area contributed by atoms with Crippen LogP contribution >= 0.6 is 0 Å². The van der Waals surface area contributed by atoms with Gasteiger partial charge >= 0.3 is 0 Å². The highest BCUT2D eigenvalue weighted by Gasteiger charge is 2.30. The number of nitrogens with zero attached hydrogens (tertiary/aromatic N) is 3. The van der Waals surface area contributed by atoms with Gasteiger partial charge in [-0.3, -0.25) is 4.99 Å². The lowest BCUT2D eigenvalue weighted by molar-refractivity contribution is 0.281. The molecule has 3 saturated heterocycles. The smallest absolute Gasteiger partial charge is 0.194 e. The van der Waals surface area contributed by atoms with Gasteiger partial charge in [-0.2, -0.15) is 0 Å². The molecule has 25 heavy (non-hydrogen) atoms. The van der Waals surface area contributed by atoms with Gasteiger partial charge in [0.25, 0.3) is 0 Å². The summed E-state index contributed by atoms with van der Waals surface area (Å²) in [6.45, 7) is 10.8. The van der Waals surface area contributed by atoms with Gasteiger partial charge in [-0.15, -0.1) is 0 Å². The molecule has 2 unspecified atom stereocenters. The number of sulfone groups is 1. The largest absolute Gasteiger partial charge is 0.354 e. The van der Waals surface area contributed by atoms with E-state index in [-0.39, 0.29) is 5.92 Å². The minimum atomic E-state index is -2.82. The van der Waals surface area contributed by atoms with Crippen LogP contribution in [-0.4, -0.2) is 81.0 Å². The molecule has 0 aromatic heterocycles. The van der Waals surface area contributed by atoms with Gasteiger partial charge in [-0.25, -0.2) is 8.42 Å². The second-order valence-corrected chi connectivity index (χ2v) is 10.6. The van der Waals surface area contributed by atoms with Crippen molar-refractivity contribution in [1.29, 1.82) is 0 Å². The minimum Gasteiger partial charge on any atom is -0.354 e. The molecule has 144 valence electrons. The van der Waals surface area contributed by atoms with Crippen LogP contribution in [0.4, 0.5) is 0 Å². The summed E-state index contributed by atoms with van der Waals surface area (Å²) in [7, 11) is -2.82. The maximum absolute atomic E-state index is 11.6. The first-order valence-corrected chi connectivity index (χ1v) is 11.7. The van der Waals surface area contributed by atoms with E-state index in [0.717, 1.165) is 31.4 Å². The van der Waals surface area contributed by atoms with Gasteiger partial charge in [0, 0.05) is 32.2 Å². The van der Waals surface area contributed by atoms with Crippen LogP contribution in [0.5, 0.6) is 0 Å². The standard InChI is InChI=1S/C18H34N4O2S/c1-15(2)20-18(19-11-16-6-10-25(23,24)14-16)22-9-5-17(13-22)12-21-7-3-4-8-21/h15-17H,3-14H2,1-2H3,(H,19,20). The first-order chi connectivity index (χ1) is 11.9. The van der Waals surface area contributed by atoms with Crippen molar-refractivity contribution in [2.75, 3.05) is 50.8 Å². The second kappa shape index (κ2) is 8.25. The zero-order valence-corrected chi connectivity index (χ0v) is 16.6. The van der Waals surface area contributed by atoms with Crippen molar-refractivity contribution in [3.05, 3.63) is 0 Å². The molecule has 3 fully saturated rings. The summed E-state index contributed by atoms with van der Waals surface area (Å²) in [6.07, 6.45) is 4.69. The van der Waals surface area contributed by atoms with Gasteiger partial charge in [0.05, 0.1) is 11.5 Å². The molecule has 1 N–H and O–H groups in total. The van der Waals surface area contributed by atoms with E-state index in [9.17, 15) is 8.42 Å². The lowest BCUT2D eigenvalue weighted by atomic mass is 10.1. The van der Waals surface area contributed by atoms with E-state index in [0.29, 0.717) is 24.1 Å². The SMILES string of the molecule is CC(C)NC(=NCC1CCS(=O)(=O)C1)N1CCC(CN2CCCC2)C1. The molecule has 3 rings (SSSR count). The van der Waals surface area contributed by atoms with Crippen LogP contribution in [0, 0.1) is 11.8 Å². The number of likely N-dealkylation sites (tertiary alicyclic amines) is 2. The topological polar surface area (TPSA) is 65.0 Å². The Morgan fingerprint density at radius 1 is 1.16 bits per heavy atom. The average Bonchev–Trinajstić information content (AvgIpc) is 3.26. The van der Waals surface area contributed by atoms with Crippen molar-refractivity contribution in [3.63, 3.8) is 0 Å². The number of hydrogen-bond acceptors (Lipinski definition) is 4. The van der Waals surface area contributed by atoms with Crippen LogP contribution in [0.2, 0.25) is 0 Å². The molecule has 0 radical (unpaired) electrons. The molecule has 7 heteroatoms. The lowest BCUT2D eigenvalue weighted by Gasteiger charge is -2.25. The van der Waals surface area contributed by atoms with E-state index in [1.165, 1.54) is 38.9 Å². The van der Waals surface area contributed by atoms with Crippen LogP contribution < -0.4 is 5.32 Å². The van der Waals surface area contributed by atoms with Crippen molar-refractivity contribution in [2.24, 2.45) is 16.8 Å². The molecule has 0 amide bonds. The van der Waals surface area contributed by atoms with E-state index in [1.807, 2.05) is 0 Å². The Balaban J connectivity index is 1.55. The maximum atomic E-state index is 11.6. The summed E-state index contributed by atoms with van der Waals surface area (Å²) in [5, 5.41) is 3.49. The van der Waals surface area contributed by atoms with E-state index in [1.54, 1.807) is 0 Å². The fourth-order valence-corrected chi connectivity index (χ4v) is 6.08. The van der Waals surface area contributed by atoms with Crippen molar-refractivity contribution < 1.29 is 8.42 Å². The summed E-state index contributed by atoms with van der Waals surface area (Å²) in [5.74, 6) is 2.54. The summed E-state index contributed by atoms with van der Waals surface area (Å²) in [4.78, 5) is 9.79. The molecule has 0 aromatic carbocycles. The van der Waals surface area contributed by atoms with Crippen LogP contribution in [0.1, 0.15) is 39.5 Å². The number of rotatable bonds is 5. The van der Waals surface area contributed by atoms with Crippen molar-refractivity contribution in [1.82, 2.24) is 15.1 Å². The minimum absolute atomic E-state index is 0.192. The highest BCUT2D eigenvalue weighted by atomic mass is 32.2. The zero-order valence-electron chi connectivity index (χ0n) is 15.8. The molecule has 3 aliphatic heterocycles. The van der Waals surface area contributed by atoms with Crippen molar-refractivity contribution in [2.45, 2.75) is 45.6 Å². The molecular formula is C18H34N4O2S. The Morgan fingerprint density at radius 3 is 2.56 bits per heavy atom. The van der Waals surface area contributed by atoms with Gasteiger partial charge in [0.1, 0.15) is 0 Å². The molecule has 0 saturated carbocycles. The Kier molecular flexibility index (Phi) is 6.25. The van der Waals surface area contributed by atoms with Crippen molar-refractivity contribution in [3.8, 4) is 0 Å². The Bertz CT molecular complexity index is 570. The molecular weight excluding hydrogens is 336 g/mol. The van der Waals surface area contributed by atoms with E-state index in [2.05, 4.69) is 29.0 Å². The van der Waals surface area contributed by atoms with E-state index >= 15 is 0 Å². The third-order valence-corrected chi connectivity index (χ3v) is 7.38. The number of aliphatic imine (C=N–C) groups is 1. The number of guanidine groups is 1. The molecule has 3 heterocycles. The molecule has 0 bridgehead atoms. The Morgan fingerprint density at radius 2 is 1.92 bits per heavy atom. The molecule has 0 aliphatic carbocycles. The monoisotopic (exact) mass is 370 g/mol. The summed E-state index contributed by atoms with van der Waals surface area (Å²) in [6, 6.07) is 0.337. The van der Waals surface area contributed by atoms with Crippen LogP contribution in [0.15, 0.2) is 4.99 Å². The molecule has 0 spiro atoms. The van der Waals surface area contributed by atoms with Crippen LogP contribution in [-0.2, 0) is 9.84 Å². The fraction of sp³-hybridized carbons (Fsp3) is 0.944. The lowest BCUT2D eigenvalue weighted by Crippen LogP contribution is -2.44. The van der Waals surface area contributed by atoms with Crippen LogP contribution in [0.3, 0.4) is 0 Å². The van der Waals surface area contributed by atoms with Crippen molar-refractivity contribution >= 4 is 15.8 Å². The Labute approximate surface area is 153 Å². The second-order valence-electron chi connectivity index (χ2n) is 8.34. The maximum Gasteiger partial charge on any atom is 0.194 e. The Hall–Kier alpha value is -0.820. The van der Waals surface area contributed by atoms with Gasteiger partial charge in [-0.05, 0) is 64.5 Å². The normalized spacial score (nSPS) is 30.5. The molecule has 6 nitrogen and oxygen atoms in total. The van der Waals surface area contributed by atoms with Gasteiger partial charge < -0.3 is 15.1 Å². The first kappa shape index (κ1) is 19.0. The van der Waals surface area contributed by atoms with Gasteiger partial charge in [0.15, 0.2) is 15.8 Å². The predicted molar refractivity (Wildman–Crippen MR) is 103 cm³/mol. The molecule has 3 aliphatic rings. The predicted octanol–water partition coefficient (Wildman–Crippen LogP) is 1.19. The highest BCUT2D eigenvalue weighted by molar-refractivity contribution is 7.91. The van der Waals surface area contributed by atoms with Gasteiger partial charge in [-0.1, -0.05) is 0 Å². The number of hydrogen-bond donors (Lipinski definition) is 1. The summed E-state index contributed by atoms with van der Waals surface area (Å²) >= 11 is 0. The third kappa shape index (κ3) is 5.58. The van der Waals surface area contributed by atoms with Crippen LogP contribution in [0.25, 0.3) is 0 Å². The van der Waals surface area contributed by atoms with E-state index in [4.69, 9.17) is 4.99 Å².